The van der Waals surface area contributed by atoms with Gasteiger partial charge in [-0.25, -0.2) is 0 Å². The quantitative estimate of drug-likeness (QED) is 0.708. The monoisotopic (exact) mass is 375 g/mol. The SMILES string of the molecule is O=C1C[C@H]2[C@@H]3CCCC[C@H]3[C@H](C=Cc3ccc(Br)cn3)C[C@H]2O1. The number of allylic oxidation sites excluding steroid dienone is 1. The molecule has 1 aromatic heterocycles. The zero-order chi connectivity index (χ0) is 15.8. The third-order valence-electron chi connectivity index (χ3n) is 5.91. The van der Waals surface area contributed by atoms with E-state index in [4.69, 9.17) is 4.74 Å². The molecule has 3 aliphatic rings. The van der Waals surface area contributed by atoms with Crippen LogP contribution in [0, 0.1) is 23.7 Å². The fourth-order valence-electron chi connectivity index (χ4n) is 4.90. The molecule has 0 bridgehead atoms. The molecule has 0 N–H and O–H groups in total. The van der Waals surface area contributed by atoms with Crippen LogP contribution in [0.5, 0.6) is 0 Å². The first-order chi connectivity index (χ1) is 11.2. The molecule has 0 radical (unpaired) electrons. The highest BCUT2D eigenvalue weighted by molar-refractivity contribution is 9.10. The van der Waals surface area contributed by atoms with E-state index >= 15 is 0 Å². The van der Waals surface area contributed by atoms with Gasteiger partial charge in [0.25, 0.3) is 0 Å². The van der Waals surface area contributed by atoms with Gasteiger partial charge in [0.1, 0.15) is 6.10 Å². The van der Waals surface area contributed by atoms with Crippen molar-refractivity contribution >= 4 is 28.0 Å². The van der Waals surface area contributed by atoms with Crippen molar-refractivity contribution in [2.75, 3.05) is 0 Å². The van der Waals surface area contributed by atoms with Gasteiger partial charge < -0.3 is 4.74 Å². The number of carbonyl (C=O) groups excluding carboxylic acids is 1. The van der Waals surface area contributed by atoms with Gasteiger partial charge in [-0.1, -0.05) is 18.9 Å². The number of nitrogens with zero attached hydrogens (tertiary/aromatic N) is 1. The van der Waals surface area contributed by atoms with E-state index in [0.29, 0.717) is 30.1 Å². The molecule has 0 unspecified atom stereocenters. The van der Waals surface area contributed by atoms with Crippen LogP contribution >= 0.6 is 15.9 Å². The predicted molar refractivity (Wildman–Crippen MR) is 92.5 cm³/mol. The minimum Gasteiger partial charge on any atom is -0.462 e. The number of ether oxygens (including phenoxy) is 1. The second kappa shape index (κ2) is 6.39. The number of hydrogen-bond acceptors (Lipinski definition) is 3. The van der Waals surface area contributed by atoms with Gasteiger partial charge in [-0.2, -0.15) is 0 Å². The van der Waals surface area contributed by atoms with Crippen molar-refractivity contribution in [3.63, 3.8) is 0 Å². The van der Waals surface area contributed by atoms with Crippen LogP contribution < -0.4 is 0 Å². The molecule has 2 saturated carbocycles. The standard InChI is InChI=1S/C19H22BrNO2/c20-13-6-8-14(21-11-13)7-5-12-9-18-17(10-19(22)23-18)16-4-2-1-3-15(12)16/h5-8,11-12,15-18H,1-4,9-10H2/t12-,15+,16-,17+,18-/m1/s1. The van der Waals surface area contributed by atoms with Crippen molar-refractivity contribution in [3.8, 4) is 0 Å². The van der Waals surface area contributed by atoms with E-state index < -0.39 is 0 Å². The molecule has 5 atom stereocenters. The van der Waals surface area contributed by atoms with Crippen LogP contribution in [0.15, 0.2) is 28.9 Å². The number of halogens is 1. The molecule has 122 valence electrons. The van der Waals surface area contributed by atoms with Gasteiger partial charge in [0.05, 0.1) is 12.1 Å². The smallest absolute Gasteiger partial charge is 0.306 e. The molecule has 0 spiro atoms. The Kier molecular flexibility index (Phi) is 4.27. The van der Waals surface area contributed by atoms with E-state index in [1.807, 2.05) is 18.3 Å². The number of carbonyl (C=O) groups is 1. The molecule has 3 nitrogen and oxygen atoms in total. The lowest BCUT2D eigenvalue weighted by molar-refractivity contribution is -0.143. The third kappa shape index (κ3) is 3.10. The number of aromatic nitrogens is 1. The van der Waals surface area contributed by atoms with Gasteiger partial charge in [-0.05, 0) is 71.2 Å². The number of pyridine rings is 1. The Hall–Kier alpha value is -1.16. The summed E-state index contributed by atoms with van der Waals surface area (Å²) in [4.78, 5) is 16.2. The molecule has 2 aliphatic carbocycles. The highest BCUT2D eigenvalue weighted by Crippen LogP contribution is 2.51. The van der Waals surface area contributed by atoms with E-state index in [9.17, 15) is 4.79 Å². The van der Waals surface area contributed by atoms with Crippen molar-refractivity contribution in [1.29, 1.82) is 0 Å². The fraction of sp³-hybridized carbons (Fsp3) is 0.579. The summed E-state index contributed by atoms with van der Waals surface area (Å²) in [6.07, 6.45) is 13.3. The summed E-state index contributed by atoms with van der Waals surface area (Å²) in [7, 11) is 0. The molecular formula is C19H22BrNO2. The summed E-state index contributed by atoms with van der Waals surface area (Å²) in [6.45, 7) is 0. The zero-order valence-corrected chi connectivity index (χ0v) is 14.7. The van der Waals surface area contributed by atoms with E-state index in [2.05, 4.69) is 33.1 Å². The zero-order valence-electron chi connectivity index (χ0n) is 13.2. The van der Waals surface area contributed by atoms with Crippen molar-refractivity contribution in [2.24, 2.45) is 23.7 Å². The first kappa shape index (κ1) is 15.4. The molecule has 1 saturated heterocycles. The minimum atomic E-state index is 0.0172. The summed E-state index contributed by atoms with van der Waals surface area (Å²) >= 11 is 3.42. The van der Waals surface area contributed by atoms with Crippen molar-refractivity contribution in [3.05, 3.63) is 34.6 Å². The third-order valence-corrected chi connectivity index (χ3v) is 6.38. The predicted octanol–water partition coefficient (Wildman–Crippen LogP) is 4.62. The number of esters is 1. The molecule has 4 rings (SSSR count). The lowest BCUT2D eigenvalue weighted by Gasteiger charge is -2.45. The Morgan fingerprint density at radius 3 is 2.78 bits per heavy atom. The van der Waals surface area contributed by atoms with Crippen molar-refractivity contribution in [1.82, 2.24) is 4.98 Å². The lowest BCUT2D eigenvalue weighted by Crippen LogP contribution is -2.42. The Morgan fingerprint density at radius 1 is 1.17 bits per heavy atom. The number of fused-ring (bicyclic) bond motifs is 3. The summed E-state index contributed by atoms with van der Waals surface area (Å²) in [5.74, 6) is 2.39. The maximum atomic E-state index is 11.7. The van der Waals surface area contributed by atoms with E-state index in [1.165, 1.54) is 25.7 Å². The Labute approximate surface area is 145 Å². The van der Waals surface area contributed by atoms with Crippen molar-refractivity contribution < 1.29 is 9.53 Å². The number of rotatable bonds is 2. The molecule has 0 amide bonds. The average Bonchev–Trinajstić information content (AvgIpc) is 2.94. The molecule has 2 heterocycles. The van der Waals surface area contributed by atoms with Gasteiger partial charge in [0.15, 0.2) is 0 Å². The van der Waals surface area contributed by atoms with E-state index in [1.54, 1.807) is 0 Å². The number of hydrogen-bond donors (Lipinski definition) is 0. The second-order valence-electron chi connectivity index (χ2n) is 7.17. The normalized spacial score (nSPS) is 36.6. The van der Waals surface area contributed by atoms with Gasteiger partial charge in [-0.15, -0.1) is 0 Å². The Bertz CT molecular complexity index is 612. The fourth-order valence-corrected chi connectivity index (χ4v) is 5.14. The molecule has 3 fully saturated rings. The van der Waals surface area contributed by atoms with Crippen LogP contribution in [-0.2, 0) is 9.53 Å². The van der Waals surface area contributed by atoms with E-state index in [-0.39, 0.29) is 12.1 Å². The van der Waals surface area contributed by atoms with Gasteiger partial charge >= 0.3 is 5.97 Å². The van der Waals surface area contributed by atoms with Crippen LogP contribution in [0.3, 0.4) is 0 Å². The summed E-state index contributed by atoms with van der Waals surface area (Å²) in [6, 6.07) is 4.05. The molecule has 1 aliphatic heterocycles. The average molecular weight is 376 g/mol. The first-order valence-electron chi connectivity index (χ1n) is 8.70. The lowest BCUT2D eigenvalue weighted by atomic mass is 9.60. The largest absolute Gasteiger partial charge is 0.462 e. The van der Waals surface area contributed by atoms with Gasteiger partial charge in [0, 0.05) is 16.6 Å². The molecule has 0 aromatic carbocycles. The van der Waals surface area contributed by atoms with Crippen LogP contribution in [0.25, 0.3) is 6.08 Å². The summed E-state index contributed by atoms with van der Waals surface area (Å²) in [5, 5.41) is 0. The second-order valence-corrected chi connectivity index (χ2v) is 8.08. The minimum absolute atomic E-state index is 0.0172. The molecule has 23 heavy (non-hydrogen) atoms. The Morgan fingerprint density at radius 2 is 2.00 bits per heavy atom. The highest BCUT2D eigenvalue weighted by atomic mass is 79.9. The highest BCUT2D eigenvalue weighted by Gasteiger charge is 2.49. The maximum absolute atomic E-state index is 11.7. The van der Waals surface area contributed by atoms with Crippen LogP contribution in [-0.4, -0.2) is 17.1 Å². The summed E-state index contributed by atoms with van der Waals surface area (Å²) < 4.78 is 6.62. The van der Waals surface area contributed by atoms with E-state index in [0.717, 1.165) is 16.6 Å². The van der Waals surface area contributed by atoms with Crippen LogP contribution in [0.2, 0.25) is 0 Å². The molecule has 1 aromatic rings. The van der Waals surface area contributed by atoms with Crippen molar-refractivity contribution in [2.45, 2.75) is 44.6 Å². The first-order valence-corrected chi connectivity index (χ1v) is 9.49. The van der Waals surface area contributed by atoms with Gasteiger partial charge in [-0.3, -0.25) is 9.78 Å². The topological polar surface area (TPSA) is 39.2 Å². The molecule has 4 heteroatoms. The van der Waals surface area contributed by atoms with Crippen LogP contribution in [0.1, 0.15) is 44.2 Å². The Balaban J connectivity index is 1.55. The van der Waals surface area contributed by atoms with Gasteiger partial charge in [0.2, 0.25) is 0 Å². The molecular weight excluding hydrogens is 354 g/mol. The summed E-state index contributed by atoms with van der Waals surface area (Å²) in [5.41, 5.74) is 0.992. The maximum Gasteiger partial charge on any atom is 0.306 e. The van der Waals surface area contributed by atoms with Crippen LogP contribution in [0.4, 0.5) is 0 Å².